The average Bonchev–Trinajstić information content (AvgIpc) is 2.91. The van der Waals surface area contributed by atoms with Crippen LogP contribution in [0.3, 0.4) is 0 Å². The fourth-order valence-electron chi connectivity index (χ4n) is 1.80. The lowest BCUT2D eigenvalue weighted by Gasteiger charge is -1.98. The Labute approximate surface area is 112 Å². The molecule has 0 aliphatic rings. The Morgan fingerprint density at radius 2 is 2.35 bits per heavy atom. The summed E-state index contributed by atoms with van der Waals surface area (Å²) in [5.74, 6) is 0.0259. The molecule has 10 heteroatoms. The number of aliphatic hydroxyl groups excluding tert-OH is 1. The maximum absolute atomic E-state index is 10.8. The van der Waals surface area contributed by atoms with Gasteiger partial charge in [0.05, 0.1) is 20.2 Å². The molecule has 2 aromatic heterocycles. The van der Waals surface area contributed by atoms with E-state index in [0.29, 0.717) is 0 Å². The largest absolute Gasteiger partial charge is 0.394 e. The zero-order valence-corrected chi connectivity index (χ0v) is 10.5. The highest BCUT2D eigenvalue weighted by molar-refractivity contribution is 5.69. The van der Waals surface area contributed by atoms with Crippen molar-refractivity contribution < 1.29 is 10.0 Å². The van der Waals surface area contributed by atoms with Crippen molar-refractivity contribution in [2.75, 3.05) is 12.3 Å². The lowest BCUT2D eigenvalue weighted by Crippen LogP contribution is -2.08. The number of nitrogen functional groups attached to an aromatic ring is 1. The second-order valence-electron chi connectivity index (χ2n) is 3.92. The van der Waals surface area contributed by atoms with Crippen LogP contribution in [-0.4, -0.2) is 36.0 Å². The molecule has 0 bridgehead atoms. The first kappa shape index (κ1) is 13.5. The van der Waals surface area contributed by atoms with Gasteiger partial charge in [0.15, 0.2) is 5.69 Å². The van der Waals surface area contributed by atoms with Gasteiger partial charge in [-0.1, -0.05) is 0 Å². The third kappa shape index (κ3) is 1.95. The first-order valence-electron chi connectivity index (χ1n) is 5.55. The Balaban J connectivity index is 2.61. The molecule has 3 N–H and O–H groups in total. The maximum atomic E-state index is 10.8. The number of rotatable bonds is 4. The van der Waals surface area contributed by atoms with E-state index >= 15 is 0 Å². The molecule has 0 radical (unpaired) electrons. The first-order chi connectivity index (χ1) is 9.51. The van der Waals surface area contributed by atoms with Crippen molar-refractivity contribution >= 4 is 11.6 Å². The molecule has 0 aliphatic carbocycles. The van der Waals surface area contributed by atoms with Crippen LogP contribution in [0.2, 0.25) is 0 Å². The molecule has 0 amide bonds. The van der Waals surface area contributed by atoms with Crippen molar-refractivity contribution in [2.24, 2.45) is 7.05 Å². The summed E-state index contributed by atoms with van der Waals surface area (Å²) in [6.07, 6.45) is 1.08. The predicted octanol–water partition coefficient (Wildman–Crippen LogP) is -0.362. The highest BCUT2D eigenvalue weighted by Crippen LogP contribution is 2.27. The molecule has 0 fully saturated rings. The van der Waals surface area contributed by atoms with Gasteiger partial charge in [-0.25, -0.2) is 14.2 Å². The molecular weight excluding hydrogens is 266 g/mol. The number of aromatic nitrogens is 4. The topological polar surface area (TPSA) is 149 Å². The van der Waals surface area contributed by atoms with Gasteiger partial charge in [0.1, 0.15) is 23.6 Å². The number of nitrogens with two attached hydrogens (primary N) is 1. The molecule has 2 rings (SSSR count). The highest BCUT2D eigenvalue weighted by atomic mass is 16.6. The van der Waals surface area contributed by atoms with Gasteiger partial charge < -0.3 is 21.0 Å². The van der Waals surface area contributed by atoms with Crippen LogP contribution in [0.4, 0.5) is 11.6 Å². The van der Waals surface area contributed by atoms with Crippen LogP contribution in [0.25, 0.3) is 11.5 Å². The molecule has 0 aromatic carbocycles. The molecule has 0 atom stereocenters. The van der Waals surface area contributed by atoms with E-state index in [9.17, 15) is 10.1 Å². The fraction of sp³-hybridized carbons (Fsp3) is 0.300. The van der Waals surface area contributed by atoms with Gasteiger partial charge in [-0.3, -0.25) is 0 Å². The van der Waals surface area contributed by atoms with E-state index in [1.54, 1.807) is 0 Å². The van der Waals surface area contributed by atoms with Gasteiger partial charge in [0.25, 0.3) is 5.82 Å². The average molecular weight is 277 g/mol. The third-order valence-electron chi connectivity index (χ3n) is 2.78. The summed E-state index contributed by atoms with van der Waals surface area (Å²) in [4.78, 5) is 14.1. The number of nitrogens with zero attached hydrogens (tertiary/aromatic N) is 6. The van der Waals surface area contributed by atoms with Gasteiger partial charge in [-0.05, 0) is 4.92 Å². The zero-order valence-electron chi connectivity index (χ0n) is 10.5. The predicted molar refractivity (Wildman–Crippen MR) is 67.3 cm³/mol. The van der Waals surface area contributed by atoms with Gasteiger partial charge >= 0.3 is 5.82 Å². The minimum Gasteiger partial charge on any atom is -0.394 e. The lowest BCUT2D eigenvalue weighted by molar-refractivity contribution is -0.391. The van der Waals surface area contributed by atoms with Crippen molar-refractivity contribution in [2.45, 2.75) is 6.54 Å². The summed E-state index contributed by atoms with van der Waals surface area (Å²) in [5.41, 5.74) is 5.97. The Hall–Kier alpha value is -2.93. The van der Waals surface area contributed by atoms with Crippen LogP contribution < -0.4 is 5.73 Å². The second-order valence-corrected chi connectivity index (χ2v) is 3.92. The van der Waals surface area contributed by atoms with E-state index in [2.05, 4.69) is 10.1 Å². The summed E-state index contributed by atoms with van der Waals surface area (Å²) >= 11 is 0. The summed E-state index contributed by atoms with van der Waals surface area (Å²) in [7, 11) is 1.45. The normalized spacial score (nSPS) is 10.4. The summed E-state index contributed by atoms with van der Waals surface area (Å²) in [5, 5.41) is 32.9. The molecular formula is C10H11N7O3. The summed E-state index contributed by atoms with van der Waals surface area (Å²) in [6.45, 7) is -0.0794. The monoisotopic (exact) mass is 277 g/mol. The third-order valence-corrected chi connectivity index (χ3v) is 2.78. The number of hydrogen-bond acceptors (Lipinski definition) is 7. The van der Waals surface area contributed by atoms with Gasteiger partial charge in [0, 0.05) is 0 Å². The summed E-state index contributed by atoms with van der Waals surface area (Å²) < 4.78 is 2.47. The number of aliphatic hydroxyl groups is 1. The Bertz CT molecular complexity index is 709. The second kappa shape index (κ2) is 4.98. The van der Waals surface area contributed by atoms with Crippen molar-refractivity contribution in [3.8, 4) is 17.6 Å². The standard InChI is InChI=1S/C10H11N7O3/c1-15-7(17(19)20)5-13-10(15)8-6(4-11)9(12)16(14-8)2-3-18/h5,18H,2-3,12H2,1H3. The molecule has 2 aromatic rings. The van der Waals surface area contributed by atoms with Crippen molar-refractivity contribution in [3.63, 3.8) is 0 Å². The minimum absolute atomic E-state index is 0.0713. The zero-order chi connectivity index (χ0) is 14.9. The van der Waals surface area contributed by atoms with Crippen molar-refractivity contribution in [1.82, 2.24) is 19.3 Å². The molecule has 10 nitrogen and oxygen atoms in total. The molecule has 104 valence electrons. The van der Waals surface area contributed by atoms with E-state index in [0.717, 1.165) is 6.20 Å². The smallest absolute Gasteiger partial charge is 0.342 e. The van der Waals surface area contributed by atoms with Crippen LogP contribution in [-0.2, 0) is 13.6 Å². The number of nitriles is 1. The van der Waals surface area contributed by atoms with Crippen LogP contribution in [0.5, 0.6) is 0 Å². The number of hydrogen-bond donors (Lipinski definition) is 2. The van der Waals surface area contributed by atoms with E-state index in [1.165, 1.54) is 16.3 Å². The first-order valence-corrected chi connectivity index (χ1v) is 5.55. The minimum atomic E-state index is -0.587. The van der Waals surface area contributed by atoms with Crippen LogP contribution in [0.1, 0.15) is 5.56 Å². The van der Waals surface area contributed by atoms with Gasteiger partial charge in [0.2, 0.25) is 0 Å². The van der Waals surface area contributed by atoms with Crippen LogP contribution in [0, 0.1) is 21.4 Å². The maximum Gasteiger partial charge on any atom is 0.342 e. The van der Waals surface area contributed by atoms with E-state index < -0.39 is 4.92 Å². The number of anilines is 1. The number of imidazole rings is 1. The van der Waals surface area contributed by atoms with Crippen LogP contribution >= 0.6 is 0 Å². The Kier molecular flexibility index (Phi) is 3.36. The van der Waals surface area contributed by atoms with Crippen LogP contribution in [0.15, 0.2) is 6.20 Å². The molecule has 0 saturated heterocycles. The molecule has 0 saturated carbocycles. The Morgan fingerprint density at radius 3 is 2.85 bits per heavy atom. The van der Waals surface area contributed by atoms with E-state index in [-0.39, 0.29) is 41.9 Å². The van der Waals surface area contributed by atoms with Gasteiger partial charge in [-0.2, -0.15) is 10.4 Å². The SMILES string of the molecule is Cn1c([N+](=O)[O-])cnc1-c1nn(CCO)c(N)c1C#N. The van der Waals surface area contributed by atoms with Crippen molar-refractivity contribution in [3.05, 3.63) is 21.9 Å². The lowest BCUT2D eigenvalue weighted by atomic mass is 10.2. The molecule has 0 spiro atoms. The molecule has 0 aliphatic heterocycles. The fourth-order valence-corrected chi connectivity index (χ4v) is 1.80. The van der Waals surface area contributed by atoms with Crippen molar-refractivity contribution in [1.29, 1.82) is 5.26 Å². The number of nitro groups is 1. The molecule has 20 heavy (non-hydrogen) atoms. The van der Waals surface area contributed by atoms with E-state index in [1.807, 2.05) is 6.07 Å². The quantitative estimate of drug-likeness (QED) is 0.572. The van der Waals surface area contributed by atoms with E-state index in [4.69, 9.17) is 16.1 Å². The highest BCUT2D eigenvalue weighted by Gasteiger charge is 2.26. The van der Waals surface area contributed by atoms with Gasteiger partial charge in [-0.15, -0.1) is 0 Å². The molecule has 2 heterocycles. The summed E-state index contributed by atoms with van der Waals surface area (Å²) in [6, 6.07) is 1.89. The molecule has 0 unspecified atom stereocenters. The Morgan fingerprint density at radius 1 is 1.65 bits per heavy atom.